The Bertz CT molecular complexity index is 755. The molecule has 3 rings (SSSR count). The van der Waals surface area contributed by atoms with Crippen molar-refractivity contribution in [1.82, 2.24) is 0 Å². The Morgan fingerprint density at radius 3 is 2.19 bits per heavy atom. The van der Waals surface area contributed by atoms with Crippen LogP contribution < -0.4 is 0 Å². The molecule has 1 aliphatic rings. The average molecular weight is 276 g/mol. The van der Waals surface area contributed by atoms with Crippen LogP contribution in [0.2, 0.25) is 0 Å². The summed E-state index contributed by atoms with van der Waals surface area (Å²) in [5.41, 5.74) is 2.44. The summed E-state index contributed by atoms with van der Waals surface area (Å²) in [5.74, 6) is -1.21. The first-order chi connectivity index (χ1) is 10.3. The van der Waals surface area contributed by atoms with Gasteiger partial charge in [-0.1, -0.05) is 60.7 Å². The van der Waals surface area contributed by atoms with Crippen molar-refractivity contribution in [2.24, 2.45) is 0 Å². The van der Waals surface area contributed by atoms with E-state index in [1.54, 1.807) is 36.4 Å². The van der Waals surface area contributed by atoms with Gasteiger partial charge in [0, 0.05) is 5.56 Å². The molecule has 0 amide bonds. The number of allylic oxidation sites excluding steroid dienone is 2. The maximum atomic E-state index is 11.9. The van der Waals surface area contributed by atoms with Gasteiger partial charge in [-0.25, -0.2) is 9.59 Å². The molecule has 2 aromatic rings. The predicted molar refractivity (Wildman–Crippen MR) is 80.3 cm³/mol. The fraction of sp³-hybridized carbons (Fsp3) is 0. The van der Waals surface area contributed by atoms with E-state index in [0.29, 0.717) is 16.7 Å². The first kappa shape index (κ1) is 13.1. The summed E-state index contributed by atoms with van der Waals surface area (Å²) in [6.07, 6.45) is 5.33. The number of carbonyl (C=O) groups is 2. The monoisotopic (exact) mass is 276 g/mol. The molecule has 2 aromatic carbocycles. The van der Waals surface area contributed by atoms with E-state index in [1.807, 2.05) is 36.4 Å². The number of rotatable bonds is 2. The number of carbonyl (C=O) groups excluding carboxylic acids is 2. The molecule has 3 heteroatoms. The number of fused-ring (bicyclic) bond motifs is 1. The fourth-order valence-electron chi connectivity index (χ4n) is 2.18. The van der Waals surface area contributed by atoms with E-state index in [2.05, 4.69) is 0 Å². The second kappa shape index (κ2) is 5.59. The molecule has 0 saturated carbocycles. The van der Waals surface area contributed by atoms with Crippen molar-refractivity contribution in [2.75, 3.05) is 0 Å². The predicted octanol–water partition coefficient (Wildman–Crippen LogP) is 3.48. The van der Waals surface area contributed by atoms with E-state index in [0.717, 1.165) is 5.56 Å². The van der Waals surface area contributed by atoms with Crippen LogP contribution in [0.1, 0.15) is 21.5 Å². The van der Waals surface area contributed by atoms with Crippen molar-refractivity contribution in [3.63, 3.8) is 0 Å². The molecule has 0 atom stereocenters. The molecule has 0 bridgehead atoms. The van der Waals surface area contributed by atoms with Crippen molar-refractivity contribution >= 4 is 23.6 Å². The van der Waals surface area contributed by atoms with Crippen molar-refractivity contribution in [3.05, 3.63) is 83.4 Å². The molecule has 0 spiro atoms. The van der Waals surface area contributed by atoms with E-state index >= 15 is 0 Å². The molecule has 0 saturated heterocycles. The Morgan fingerprint density at radius 1 is 0.762 bits per heavy atom. The van der Waals surface area contributed by atoms with Gasteiger partial charge >= 0.3 is 11.9 Å². The van der Waals surface area contributed by atoms with Gasteiger partial charge in [-0.3, -0.25) is 0 Å². The molecule has 0 fully saturated rings. The largest absolute Gasteiger partial charge is 0.386 e. The third-order valence-electron chi connectivity index (χ3n) is 3.19. The van der Waals surface area contributed by atoms with Gasteiger partial charge in [0.1, 0.15) is 0 Å². The lowest BCUT2D eigenvalue weighted by atomic mass is 9.97. The number of esters is 2. The van der Waals surface area contributed by atoms with E-state index in [9.17, 15) is 9.59 Å². The molecule has 0 unspecified atom stereocenters. The van der Waals surface area contributed by atoms with E-state index in [4.69, 9.17) is 4.74 Å². The first-order valence-electron chi connectivity index (χ1n) is 6.55. The normalized spacial score (nSPS) is 16.1. The molecular weight excluding hydrogens is 264 g/mol. The van der Waals surface area contributed by atoms with Crippen LogP contribution in [0.25, 0.3) is 11.6 Å². The van der Waals surface area contributed by atoms with Crippen LogP contribution in [0.15, 0.2) is 66.7 Å². The van der Waals surface area contributed by atoms with Crippen molar-refractivity contribution in [2.45, 2.75) is 0 Å². The number of hydrogen-bond donors (Lipinski definition) is 0. The summed E-state index contributed by atoms with van der Waals surface area (Å²) in [5, 5.41) is 0. The second-order valence-corrected chi connectivity index (χ2v) is 4.57. The fourth-order valence-corrected chi connectivity index (χ4v) is 2.18. The van der Waals surface area contributed by atoms with E-state index in [1.165, 1.54) is 0 Å². The summed E-state index contributed by atoms with van der Waals surface area (Å²) >= 11 is 0. The van der Waals surface area contributed by atoms with Crippen LogP contribution in [0.4, 0.5) is 0 Å². The van der Waals surface area contributed by atoms with Crippen LogP contribution in [-0.4, -0.2) is 11.9 Å². The average Bonchev–Trinajstić information content (AvgIpc) is 2.51. The van der Waals surface area contributed by atoms with E-state index < -0.39 is 11.9 Å². The molecule has 0 N–H and O–H groups in total. The van der Waals surface area contributed by atoms with Gasteiger partial charge < -0.3 is 4.74 Å². The molecular formula is C18H12O3. The zero-order chi connectivity index (χ0) is 14.7. The SMILES string of the molecule is O=C1OC(=O)c2ccccc2/C1=C/C=C/c1ccccc1. The summed E-state index contributed by atoms with van der Waals surface area (Å²) in [4.78, 5) is 23.5. The van der Waals surface area contributed by atoms with Gasteiger partial charge in [0.2, 0.25) is 0 Å². The first-order valence-corrected chi connectivity index (χ1v) is 6.55. The van der Waals surface area contributed by atoms with Gasteiger partial charge in [0.25, 0.3) is 0 Å². The highest BCUT2D eigenvalue weighted by molar-refractivity contribution is 6.26. The Hall–Kier alpha value is -2.94. The third-order valence-corrected chi connectivity index (χ3v) is 3.19. The number of ether oxygens (including phenoxy) is 1. The van der Waals surface area contributed by atoms with Gasteiger partial charge in [0.15, 0.2) is 0 Å². The summed E-state index contributed by atoms with van der Waals surface area (Å²) in [6, 6.07) is 16.7. The van der Waals surface area contributed by atoms with Crippen molar-refractivity contribution in [3.8, 4) is 0 Å². The lowest BCUT2D eigenvalue weighted by Gasteiger charge is -2.15. The second-order valence-electron chi connectivity index (χ2n) is 4.57. The summed E-state index contributed by atoms with van der Waals surface area (Å²) in [6.45, 7) is 0. The molecule has 1 aliphatic heterocycles. The molecule has 102 valence electrons. The minimum absolute atomic E-state index is 0.386. The van der Waals surface area contributed by atoms with Gasteiger partial charge in [0.05, 0.1) is 11.1 Å². The van der Waals surface area contributed by atoms with Crippen molar-refractivity contribution in [1.29, 1.82) is 0 Å². The standard InChI is InChI=1S/C18H12O3/c19-17-15-11-5-4-10-14(15)16(18(20)21-17)12-6-9-13-7-2-1-3-8-13/h1-12H/b9-6+,16-12-. The lowest BCUT2D eigenvalue weighted by molar-refractivity contribution is -0.131. The smallest absolute Gasteiger partial charge is 0.346 e. The summed E-state index contributed by atoms with van der Waals surface area (Å²) < 4.78 is 4.75. The molecule has 21 heavy (non-hydrogen) atoms. The molecule has 0 aromatic heterocycles. The molecule has 0 aliphatic carbocycles. The molecule has 3 nitrogen and oxygen atoms in total. The van der Waals surface area contributed by atoms with Crippen molar-refractivity contribution < 1.29 is 14.3 Å². The minimum atomic E-state index is -0.614. The number of cyclic esters (lactones) is 2. The highest BCUT2D eigenvalue weighted by Crippen LogP contribution is 2.26. The quantitative estimate of drug-likeness (QED) is 0.479. The maximum absolute atomic E-state index is 11.9. The Balaban J connectivity index is 1.96. The minimum Gasteiger partial charge on any atom is -0.386 e. The maximum Gasteiger partial charge on any atom is 0.346 e. The number of hydrogen-bond acceptors (Lipinski definition) is 3. The zero-order valence-corrected chi connectivity index (χ0v) is 11.2. The number of benzene rings is 2. The lowest BCUT2D eigenvalue weighted by Crippen LogP contribution is -2.21. The van der Waals surface area contributed by atoms with Crippen LogP contribution in [0.5, 0.6) is 0 Å². The van der Waals surface area contributed by atoms with E-state index in [-0.39, 0.29) is 0 Å². The van der Waals surface area contributed by atoms with Gasteiger partial charge in [-0.05, 0) is 17.7 Å². The van der Waals surface area contributed by atoms with Crippen LogP contribution >= 0.6 is 0 Å². The van der Waals surface area contributed by atoms with Gasteiger partial charge in [-0.15, -0.1) is 0 Å². The highest BCUT2D eigenvalue weighted by Gasteiger charge is 2.28. The molecule has 1 heterocycles. The van der Waals surface area contributed by atoms with Gasteiger partial charge in [-0.2, -0.15) is 0 Å². The molecule has 0 radical (unpaired) electrons. The van der Waals surface area contributed by atoms with Crippen LogP contribution in [0.3, 0.4) is 0 Å². The zero-order valence-electron chi connectivity index (χ0n) is 11.2. The third kappa shape index (κ3) is 2.67. The highest BCUT2D eigenvalue weighted by atomic mass is 16.6. The Labute approximate surface area is 122 Å². The van der Waals surface area contributed by atoms with Crippen LogP contribution in [0, 0.1) is 0 Å². The Kier molecular flexibility index (Phi) is 3.48. The summed E-state index contributed by atoms with van der Waals surface area (Å²) in [7, 11) is 0. The van der Waals surface area contributed by atoms with Crippen LogP contribution in [-0.2, 0) is 9.53 Å². The topological polar surface area (TPSA) is 43.4 Å². The Morgan fingerprint density at radius 2 is 1.43 bits per heavy atom.